The summed E-state index contributed by atoms with van der Waals surface area (Å²) in [6.07, 6.45) is -2.56. The maximum absolute atomic E-state index is 15.4. The second-order valence-electron chi connectivity index (χ2n) is 14.9. The topological polar surface area (TPSA) is 60.1 Å². The number of aryl methyl sites for hydroxylation is 2. The standard InChI is InChI=1S/C24BF20.C21H19N2O3/c26-5-1(6(27)14(35)21(42)13(5)34)25(2-7(28)15(36)22(43)16(37)8(2)29,3-9(30)17(38)23(44)18(39)10(3)31)4-11(32)19(40)24(45)20(41)12(4)33;1-15-8-9-16(2)20(12-15)26-21(25)18-13-23(11-10-22-18)14-19(24)17-6-4-3-5-7-17/h;3-13H,14H2,1-2H3/q-1;+1. The summed E-state index contributed by atoms with van der Waals surface area (Å²) in [5.74, 6) is -71.5. The van der Waals surface area contributed by atoms with Gasteiger partial charge in [0.25, 0.3) is 0 Å². The average Bonchev–Trinajstić information content (AvgIpc) is 3.35. The van der Waals surface area contributed by atoms with Crippen LogP contribution in [0.15, 0.2) is 67.1 Å². The molecule has 5 nitrogen and oxygen atoms in total. The van der Waals surface area contributed by atoms with Crippen molar-refractivity contribution in [2.24, 2.45) is 0 Å². The van der Waals surface area contributed by atoms with E-state index >= 15 is 35.1 Å². The van der Waals surface area contributed by atoms with E-state index in [-0.39, 0.29) is 18.0 Å². The molecule has 26 heteroatoms. The van der Waals surface area contributed by atoms with Crippen LogP contribution in [0.3, 0.4) is 0 Å². The van der Waals surface area contributed by atoms with Gasteiger partial charge in [0.1, 0.15) is 58.4 Å². The molecule has 0 unspecified atom stereocenters. The van der Waals surface area contributed by atoms with E-state index in [1.165, 1.54) is 12.4 Å². The summed E-state index contributed by atoms with van der Waals surface area (Å²) >= 11 is 0. The molecule has 0 fully saturated rings. The van der Waals surface area contributed by atoms with Crippen LogP contribution in [-0.2, 0) is 6.54 Å². The monoisotopic (exact) mass is 1030 g/mol. The smallest absolute Gasteiger partial charge is 0.368 e. The lowest BCUT2D eigenvalue weighted by Gasteiger charge is -2.44. The largest absolute Gasteiger partial charge is 0.421 e. The van der Waals surface area contributed by atoms with Gasteiger partial charge in [-0.3, -0.25) is 4.79 Å². The number of ketones is 1. The van der Waals surface area contributed by atoms with E-state index in [9.17, 15) is 62.3 Å². The third-order valence-corrected chi connectivity index (χ3v) is 10.6. The molecule has 71 heavy (non-hydrogen) atoms. The first-order valence-corrected chi connectivity index (χ1v) is 19.2. The van der Waals surface area contributed by atoms with Crippen molar-refractivity contribution in [3.05, 3.63) is 206 Å². The van der Waals surface area contributed by atoms with E-state index in [1.807, 2.05) is 50.2 Å². The van der Waals surface area contributed by atoms with Gasteiger partial charge in [0.05, 0.1) is 6.20 Å². The molecule has 0 aliphatic carbocycles. The lowest BCUT2D eigenvalue weighted by molar-refractivity contribution is -0.683. The Morgan fingerprint density at radius 3 is 1.17 bits per heavy atom. The molecule has 0 bridgehead atoms. The second-order valence-corrected chi connectivity index (χ2v) is 14.9. The van der Waals surface area contributed by atoms with Crippen LogP contribution in [0.1, 0.15) is 32.0 Å². The van der Waals surface area contributed by atoms with Gasteiger partial charge >= 0.3 is 5.97 Å². The molecule has 0 N–H and O–H groups in total. The van der Waals surface area contributed by atoms with E-state index < -0.39 is 150 Å². The first-order valence-electron chi connectivity index (χ1n) is 19.2. The fourth-order valence-corrected chi connectivity index (χ4v) is 7.36. The molecule has 0 radical (unpaired) electrons. The number of ether oxygens (including phenoxy) is 1. The van der Waals surface area contributed by atoms with Crippen molar-refractivity contribution in [2.75, 3.05) is 0 Å². The van der Waals surface area contributed by atoms with Crippen LogP contribution in [0.2, 0.25) is 0 Å². The zero-order valence-corrected chi connectivity index (χ0v) is 34.8. The molecule has 0 amide bonds. The SMILES string of the molecule is Cc1ccc(C)c(OC(=O)c2c[n+](CC(=O)c3ccccc3)ccn2)c1.Fc1c(F)c(F)c([B-](c2c(F)c(F)c(F)c(F)c2F)(c2c(F)c(F)c(F)c(F)c2F)c2c(F)c(F)c(F)c(F)c2F)c(F)c1F. The molecule has 1 aromatic heterocycles. The minimum Gasteiger partial charge on any atom is -0.421 e. The van der Waals surface area contributed by atoms with Crippen LogP contribution in [0.25, 0.3) is 0 Å². The van der Waals surface area contributed by atoms with Crippen LogP contribution in [-0.4, -0.2) is 22.9 Å². The van der Waals surface area contributed by atoms with Crippen LogP contribution >= 0.6 is 0 Å². The number of hydrogen-bond donors (Lipinski definition) is 0. The maximum Gasteiger partial charge on any atom is 0.368 e. The molecule has 0 spiro atoms. The highest BCUT2D eigenvalue weighted by atomic mass is 19.2. The van der Waals surface area contributed by atoms with Gasteiger partial charge in [0.15, 0.2) is 76.0 Å². The van der Waals surface area contributed by atoms with Gasteiger partial charge in [-0.2, -0.15) is 4.57 Å². The molecule has 6 aromatic carbocycles. The van der Waals surface area contributed by atoms with Crippen molar-refractivity contribution in [3.8, 4) is 5.75 Å². The number of Topliss-reactive ketones (excluding diaryl/α,β-unsaturated/α-hetero) is 1. The Kier molecular flexibility index (Phi) is 14.7. The Bertz CT molecular complexity index is 2960. The van der Waals surface area contributed by atoms with Gasteiger partial charge in [0, 0.05) is 5.56 Å². The van der Waals surface area contributed by atoms with Gasteiger partial charge in [-0.1, -0.05) is 42.5 Å². The first-order chi connectivity index (χ1) is 33.2. The molecule has 7 rings (SSSR count). The lowest BCUT2D eigenvalue weighted by Crippen LogP contribution is -2.81. The molecular formula is C45H19BF20N2O3. The predicted molar refractivity (Wildman–Crippen MR) is 205 cm³/mol. The number of aromatic nitrogens is 2. The van der Waals surface area contributed by atoms with Crippen molar-refractivity contribution in [1.29, 1.82) is 0 Å². The summed E-state index contributed by atoms with van der Waals surface area (Å²) in [4.78, 5) is 28.8. The summed E-state index contributed by atoms with van der Waals surface area (Å²) in [5.41, 5.74) is -11.7. The second kappa shape index (κ2) is 19.9. The Balaban J connectivity index is 0.000000268. The van der Waals surface area contributed by atoms with Gasteiger partial charge < -0.3 is 4.74 Å². The molecule has 370 valence electrons. The van der Waals surface area contributed by atoms with E-state index in [1.54, 1.807) is 22.9 Å². The van der Waals surface area contributed by atoms with E-state index in [4.69, 9.17) is 4.74 Å². The highest BCUT2D eigenvalue weighted by Gasteiger charge is 2.52. The third-order valence-electron chi connectivity index (χ3n) is 10.6. The fraction of sp³-hybridized carbons (Fsp3) is 0.0667. The first kappa shape index (κ1) is 52.6. The van der Waals surface area contributed by atoms with Crippen LogP contribution < -0.4 is 31.2 Å². The molecule has 0 atom stereocenters. The molecule has 0 saturated carbocycles. The van der Waals surface area contributed by atoms with Gasteiger partial charge in [-0.05, 0) is 31.0 Å². The number of hydrogen-bond acceptors (Lipinski definition) is 4. The number of carbonyl (C=O) groups excluding carboxylic acids is 2. The summed E-state index contributed by atoms with van der Waals surface area (Å²) in [5, 5.41) is 0. The zero-order chi connectivity index (χ0) is 52.9. The maximum atomic E-state index is 15.4. The van der Waals surface area contributed by atoms with Crippen molar-refractivity contribution in [3.63, 3.8) is 0 Å². The summed E-state index contributed by atoms with van der Waals surface area (Å²) < 4.78 is 301. The minimum atomic E-state index is -7.22. The Morgan fingerprint density at radius 1 is 0.479 bits per heavy atom. The van der Waals surface area contributed by atoms with Crippen molar-refractivity contribution in [1.82, 2.24) is 4.98 Å². The van der Waals surface area contributed by atoms with Gasteiger partial charge in [0.2, 0.25) is 24.2 Å². The third kappa shape index (κ3) is 8.90. The summed E-state index contributed by atoms with van der Waals surface area (Å²) in [7, 11) is 0. The van der Waals surface area contributed by atoms with Crippen molar-refractivity contribution >= 4 is 39.7 Å². The average molecular weight is 1030 g/mol. The molecule has 7 aromatic rings. The highest BCUT2D eigenvalue weighted by Crippen LogP contribution is 2.31. The molecule has 0 aliphatic heterocycles. The van der Waals surface area contributed by atoms with E-state index in [2.05, 4.69) is 4.98 Å². The number of rotatable bonds is 9. The predicted octanol–water partition coefficient (Wildman–Crippen LogP) is 8.93. The number of carbonyl (C=O) groups is 2. The van der Waals surface area contributed by atoms with Gasteiger partial charge in [-0.25, -0.2) is 97.6 Å². The van der Waals surface area contributed by atoms with Crippen LogP contribution in [0.4, 0.5) is 87.8 Å². The number of halogens is 20. The Labute approximate surface area is 383 Å². The summed E-state index contributed by atoms with van der Waals surface area (Å²) in [6.45, 7) is 3.93. The normalized spacial score (nSPS) is 11.4. The number of esters is 1. The van der Waals surface area contributed by atoms with Crippen molar-refractivity contribution in [2.45, 2.75) is 20.4 Å². The number of nitrogens with zero attached hydrogens (tertiary/aromatic N) is 2. The van der Waals surface area contributed by atoms with E-state index in [0.717, 1.165) is 11.1 Å². The quantitative estimate of drug-likeness (QED) is 0.0212. The Hall–Kier alpha value is -7.80. The number of benzene rings is 6. The summed E-state index contributed by atoms with van der Waals surface area (Å²) in [6, 6.07) is 14.7. The van der Waals surface area contributed by atoms with Crippen LogP contribution in [0.5, 0.6) is 5.75 Å². The molecular weight excluding hydrogens is 1010 g/mol. The fourth-order valence-electron chi connectivity index (χ4n) is 7.36. The zero-order valence-electron chi connectivity index (χ0n) is 34.8. The van der Waals surface area contributed by atoms with Crippen LogP contribution in [0, 0.1) is 130 Å². The van der Waals surface area contributed by atoms with E-state index in [0.29, 0.717) is 11.3 Å². The highest BCUT2D eigenvalue weighted by molar-refractivity contribution is 7.20. The van der Waals surface area contributed by atoms with Gasteiger partial charge in [-0.15, -0.1) is 21.9 Å². The molecule has 0 saturated heterocycles. The minimum absolute atomic E-state index is 0.0457. The molecule has 0 aliphatic rings. The Morgan fingerprint density at radius 2 is 0.817 bits per heavy atom. The van der Waals surface area contributed by atoms with Crippen molar-refractivity contribution < 1.29 is 107 Å². The molecule has 1 heterocycles. The lowest BCUT2D eigenvalue weighted by atomic mass is 9.12.